The summed E-state index contributed by atoms with van der Waals surface area (Å²) in [5.74, 6) is 2.30. The molecule has 0 aliphatic carbocycles. The third-order valence-electron chi connectivity index (χ3n) is 3.88. The molecule has 2 aromatic rings. The van der Waals surface area contributed by atoms with Crippen molar-refractivity contribution in [1.29, 1.82) is 0 Å². The van der Waals surface area contributed by atoms with E-state index in [1.54, 1.807) is 7.05 Å². The molecule has 2 N–H and O–H groups in total. The van der Waals surface area contributed by atoms with Gasteiger partial charge in [0.25, 0.3) is 0 Å². The first-order valence-electron chi connectivity index (χ1n) is 9.27. The number of aliphatic imine (C=N–C) groups is 1. The summed E-state index contributed by atoms with van der Waals surface area (Å²) in [4.78, 5) is 8.64. The number of benzene rings is 1. The van der Waals surface area contributed by atoms with Gasteiger partial charge in [-0.1, -0.05) is 63.2 Å². The van der Waals surface area contributed by atoms with Crippen LogP contribution in [0.25, 0.3) is 0 Å². The lowest BCUT2D eigenvalue weighted by atomic mass is 9.97. The average molecular weight is 374 g/mol. The second kappa shape index (κ2) is 10.1. The number of guanidine groups is 1. The molecule has 1 unspecified atom stereocenters. The fourth-order valence-electron chi connectivity index (χ4n) is 2.30. The first-order valence-corrected chi connectivity index (χ1v) is 9.27. The molecule has 0 aliphatic rings. The van der Waals surface area contributed by atoms with Gasteiger partial charge in [0.1, 0.15) is 0 Å². The minimum Gasteiger partial charge on any atom is -0.376 e. The molecule has 0 bridgehead atoms. The van der Waals surface area contributed by atoms with Gasteiger partial charge in [0.15, 0.2) is 11.8 Å². The van der Waals surface area contributed by atoms with E-state index in [-0.39, 0.29) is 5.41 Å². The molecule has 0 aliphatic heterocycles. The molecule has 2 rings (SSSR count). The highest BCUT2D eigenvalue weighted by molar-refractivity contribution is 5.79. The minimum absolute atomic E-state index is 0.152. The van der Waals surface area contributed by atoms with Crippen LogP contribution in [-0.4, -0.2) is 36.3 Å². The van der Waals surface area contributed by atoms with E-state index in [0.717, 1.165) is 6.54 Å². The molecule has 0 saturated heterocycles. The quantitative estimate of drug-likeness (QED) is 0.547. The molecule has 7 heteroatoms. The number of hydrogen-bond acceptors (Lipinski definition) is 5. The molecule has 0 fully saturated rings. The van der Waals surface area contributed by atoms with Crippen LogP contribution < -0.4 is 10.6 Å². The van der Waals surface area contributed by atoms with Gasteiger partial charge in [-0.3, -0.25) is 4.99 Å². The molecular weight excluding hydrogens is 342 g/mol. The largest absolute Gasteiger partial charge is 0.376 e. The maximum absolute atomic E-state index is 5.78. The van der Waals surface area contributed by atoms with E-state index < -0.39 is 0 Å². The van der Waals surface area contributed by atoms with Crippen molar-refractivity contribution in [2.75, 3.05) is 20.2 Å². The minimum atomic E-state index is -0.152. The average Bonchev–Trinajstić information content (AvgIpc) is 3.12. The molecule has 0 spiro atoms. The van der Waals surface area contributed by atoms with E-state index in [9.17, 15) is 0 Å². The highest BCUT2D eigenvalue weighted by Crippen LogP contribution is 2.19. The summed E-state index contributed by atoms with van der Waals surface area (Å²) in [6, 6.07) is 10.2. The maximum Gasteiger partial charge on any atom is 0.232 e. The molecular formula is C20H31N5O2. The second-order valence-electron chi connectivity index (χ2n) is 7.68. The van der Waals surface area contributed by atoms with E-state index in [2.05, 4.69) is 44.8 Å². The van der Waals surface area contributed by atoms with Crippen LogP contribution in [0.1, 0.15) is 45.0 Å². The molecule has 0 radical (unpaired) electrons. The van der Waals surface area contributed by atoms with Gasteiger partial charge in [0, 0.05) is 19.0 Å². The van der Waals surface area contributed by atoms with Gasteiger partial charge in [-0.05, 0) is 11.5 Å². The third kappa shape index (κ3) is 7.38. The van der Waals surface area contributed by atoms with Gasteiger partial charge < -0.3 is 19.9 Å². The fraction of sp³-hybridized carbons (Fsp3) is 0.550. The monoisotopic (exact) mass is 373 g/mol. The number of hydrogen-bond donors (Lipinski definition) is 2. The zero-order valence-corrected chi connectivity index (χ0v) is 17.0. The number of nitrogens with zero attached hydrogens (tertiary/aromatic N) is 3. The summed E-state index contributed by atoms with van der Waals surface area (Å²) in [5, 5.41) is 10.5. The van der Waals surface area contributed by atoms with Crippen molar-refractivity contribution in [3.05, 3.63) is 47.6 Å². The van der Waals surface area contributed by atoms with Crippen LogP contribution in [0.3, 0.4) is 0 Å². The second-order valence-corrected chi connectivity index (χ2v) is 7.68. The van der Waals surface area contributed by atoms with Crippen molar-refractivity contribution < 1.29 is 9.26 Å². The predicted molar refractivity (Wildman–Crippen MR) is 106 cm³/mol. The van der Waals surface area contributed by atoms with Gasteiger partial charge in [-0.15, -0.1) is 0 Å². The number of aromatic nitrogens is 2. The Balaban J connectivity index is 1.68. The van der Waals surface area contributed by atoms with Crippen molar-refractivity contribution in [2.24, 2.45) is 10.9 Å². The zero-order valence-electron chi connectivity index (χ0n) is 17.0. The van der Waals surface area contributed by atoms with Crippen molar-refractivity contribution >= 4 is 5.96 Å². The normalized spacial score (nSPS) is 13.4. The number of rotatable bonds is 8. The van der Waals surface area contributed by atoms with Gasteiger partial charge in [-0.2, -0.15) is 4.98 Å². The molecule has 7 nitrogen and oxygen atoms in total. The smallest absolute Gasteiger partial charge is 0.232 e. The van der Waals surface area contributed by atoms with Gasteiger partial charge >= 0.3 is 0 Å². The molecule has 0 amide bonds. The maximum atomic E-state index is 5.78. The predicted octanol–water partition coefficient (Wildman–Crippen LogP) is 2.89. The first kappa shape index (κ1) is 20.9. The van der Waals surface area contributed by atoms with Crippen LogP contribution in [0.15, 0.2) is 39.8 Å². The van der Waals surface area contributed by atoms with E-state index in [4.69, 9.17) is 9.26 Å². The van der Waals surface area contributed by atoms with Gasteiger partial charge in [-0.25, -0.2) is 0 Å². The molecule has 1 heterocycles. The standard InChI is InChI=1S/C20H31N5O2/c1-15(13-26-14-16-9-7-6-8-10-16)11-22-19(21-5)23-12-17-24-18(27-25-17)20(2,3)4/h6-10,15H,11-14H2,1-5H3,(H2,21,22,23). The van der Waals surface area contributed by atoms with Crippen LogP contribution in [0.2, 0.25) is 0 Å². The summed E-state index contributed by atoms with van der Waals surface area (Å²) in [6.45, 7) is 10.8. The Morgan fingerprint density at radius 3 is 2.59 bits per heavy atom. The van der Waals surface area contributed by atoms with E-state index in [0.29, 0.717) is 43.4 Å². The highest BCUT2D eigenvalue weighted by atomic mass is 16.5. The van der Waals surface area contributed by atoms with Crippen molar-refractivity contribution in [2.45, 2.75) is 46.3 Å². The Hall–Kier alpha value is -2.41. The van der Waals surface area contributed by atoms with Crippen LogP contribution in [-0.2, 0) is 23.3 Å². The Kier molecular flexibility index (Phi) is 7.79. The van der Waals surface area contributed by atoms with E-state index in [1.165, 1.54) is 5.56 Å². The van der Waals surface area contributed by atoms with E-state index in [1.807, 2.05) is 39.0 Å². The molecule has 0 saturated carbocycles. The summed E-state index contributed by atoms with van der Waals surface area (Å²) in [5.41, 5.74) is 1.03. The summed E-state index contributed by atoms with van der Waals surface area (Å²) in [6.07, 6.45) is 0. The topological polar surface area (TPSA) is 84.6 Å². The Labute approximate surface area is 161 Å². The molecule has 1 aromatic heterocycles. The Bertz CT molecular complexity index is 707. The Morgan fingerprint density at radius 2 is 1.96 bits per heavy atom. The van der Waals surface area contributed by atoms with Crippen LogP contribution >= 0.6 is 0 Å². The number of nitrogens with one attached hydrogen (secondary N) is 2. The fourth-order valence-corrected chi connectivity index (χ4v) is 2.30. The summed E-state index contributed by atoms with van der Waals surface area (Å²) < 4.78 is 11.1. The number of ether oxygens (including phenoxy) is 1. The van der Waals surface area contributed by atoms with Crippen LogP contribution in [0.4, 0.5) is 0 Å². The van der Waals surface area contributed by atoms with Crippen LogP contribution in [0, 0.1) is 5.92 Å². The lowest BCUT2D eigenvalue weighted by molar-refractivity contribution is 0.0931. The first-order chi connectivity index (χ1) is 12.9. The van der Waals surface area contributed by atoms with E-state index >= 15 is 0 Å². The van der Waals surface area contributed by atoms with Crippen molar-refractivity contribution in [3.8, 4) is 0 Å². The lowest BCUT2D eigenvalue weighted by Crippen LogP contribution is -2.39. The summed E-state index contributed by atoms with van der Waals surface area (Å²) >= 11 is 0. The van der Waals surface area contributed by atoms with Gasteiger partial charge in [0.2, 0.25) is 5.89 Å². The van der Waals surface area contributed by atoms with Gasteiger partial charge in [0.05, 0.1) is 19.8 Å². The van der Waals surface area contributed by atoms with Crippen LogP contribution in [0.5, 0.6) is 0 Å². The molecule has 1 aromatic carbocycles. The molecule has 27 heavy (non-hydrogen) atoms. The zero-order chi connectivity index (χ0) is 19.7. The third-order valence-corrected chi connectivity index (χ3v) is 3.88. The van der Waals surface area contributed by atoms with Crippen molar-refractivity contribution in [1.82, 2.24) is 20.8 Å². The Morgan fingerprint density at radius 1 is 1.22 bits per heavy atom. The SMILES string of the molecule is CN=C(NCc1noc(C(C)(C)C)n1)NCC(C)COCc1ccccc1. The lowest BCUT2D eigenvalue weighted by Gasteiger charge is -2.16. The van der Waals surface area contributed by atoms with Crippen molar-refractivity contribution in [3.63, 3.8) is 0 Å². The molecule has 148 valence electrons. The summed E-state index contributed by atoms with van der Waals surface area (Å²) in [7, 11) is 1.74. The molecule has 1 atom stereocenters. The highest BCUT2D eigenvalue weighted by Gasteiger charge is 2.21.